The Kier molecular flexibility index (Phi) is 5.35. The van der Waals surface area contributed by atoms with Crippen molar-refractivity contribution in [2.45, 2.75) is 25.8 Å². The molecule has 2 aliphatic rings. The van der Waals surface area contributed by atoms with Crippen LogP contribution >= 0.6 is 0 Å². The minimum absolute atomic E-state index is 0.326. The topological polar surface area (TPSA) is 26.7 Å². The van der Waals surface area contributed by atoms with E-state index < -0.39 is 0 Å². The third-order valence-corrected chi connectivity index (χ3v) is 6.05. The van der Waals surface area contributed by atoms with Gasteiger partial charge in [0.15, 0.2) is 0 Å². The minimum atomic E-state index is 0.326. The van der Waals surface area contributed by atoms with Gasteiger partial charge in [-0.05, 0) is 60.2 Å². The van der Waals surface area contributed by atoms with E-state index in [-0.39, 0.29) is 0 Å². The highest BCUT2D eigenvalue weighted by Crippen LogP contribution is 2.27. The van der Waals surface area contributed by atoms with Crippen LogP contribution in [0.5, 0.6) is 0 Å². The lowest BCUT2D eigenvalue weighted by molar-refractivity contribution is 0.149. The van der Waals surface area contributed by atoms with Crippen molar-refractivity contribution >= 4 is 10.8 Å². The Morgan fingerprint density at radius 2 is 1.60 bits per heavy atom. The van der Waals surface area contributed by atoms with Crippen molar-refractivity contribution in [3.8, 4) is 0 Å². The SMILES string of the molecule is OC[C@H]1CN(Cc2ccc3ccccc3c2)C[C@H]1CN1CCCCC1. The number of nitrogens with zero attached hydrogens (tertiary/aromatic N) is 2. The molecule has 0 amide bonds. The van der Waals surface area contributed by atoms with Gasteiger partial charge in [0.1, 0.15) is 0 Å². The summed E-state index contributed by atoms with van der Waals surface area (Å²) in [6, 6.07) is 15.4. The number of piperidine rings is 1. The second kappa shape index (κ2) is 7.86. The molecule has 0 saturated carbocycles. The number of aliphatic hydroxyl groups excluding tert-OH is 1. The molecule has 2 fully saturated rings. The number of aliphatic hydroxyl groups is 1. The van der Waals surface area contributed by atoms with Crippen LogP contribution in [0.15, 0.2) is 42.5 Å². The van der Waals surface area contributed by atoms with Gasteiger partial charge in [-0.25, -0.2) is 0 Å². The van der Waals surface area contributed by atoms with Crippen LogP contribution in [0.2, 0.25) is 0 Å². The summed E-state index contributed by atoms with van der Waals surface area (Å²) in [6.45, 7) is 7.14. The van der Waals surface area contributed by atoms with Crippen LogP contribution in [0.4, 0.5) is 0 Å². The van der Waals surface area contributed by atoms with Gasteiger partial charge in [-0.15, -0.1) is 0 Å². The zero-order chi connectivity index (χ0) is 17.1. The quantitative estimate of drug-likeness (QED) is 0.905. The summed E-state index contributed by atoms with van der Waals surface area (Å²) in [5.41, 5.74) is 1.38. The number of likely N-dealkylation sites (tertiary alicyclic amines) is 2. The van der Waals surface area contributed by atoms with E-state index in [1.54, 1.807) is 0 Å². The third-order valence-electron chi connectivity index (χ3n) is 6.05. The molecule has 2 saturated heterocycles. The first-order chi connectivity index (χ1) is 12.3. The van der Waals surface area contributed by atoms with Gasteiger partial charge in [-0.1, -0.05) is 42.8 Å². The number of hydrogen-bond acceptors (Lipinski definition) is 3. The molecule has 2 aromatic carbocycles. The molecule has 25 heavy (non-hydrogen) atoms. The first-order valence-corrected chi connectivity index (χ1v) is 9.85. The molecule has 2 heterocycles. The predicted octanol–water partition coefficient (Wildman–Crippen LogP) is 3.37. The van der Waals surface area contributed by atoms with Gasteiger partial charge in [0.25, 0.3) is 0 Å². The molecule has 2 aliphatic heterocycles. The lowest BCUT2D eigenvalue weighted by Crippen LogP contribution is -2.37. The number of benzene rings is 2. The molecule has 0 bridgehead atoms. The second-order valence-corrected chi connectivity index (χ2v) is 7.94. The molecular formula is C22H30N2O. The van der Waals surface area contributed by atoms with E-state index in [4.69, 9.17) is 0 Å². The molecular weight excluding hydrogens is 308 g/mol. The molecule has 134 valence electrons. The molecule has 0 spiro atoms. The minimum Gasteiger partial charge on any atom is -0.396 e. The smallest absolute Gasteiger partial charge is 0.0475 e. The maximum absolute atomic E-state index is 9.85. The van der Waals surface area contributed by atoms with Crippen molar-refractivity contribution in [2.75, 3.05) is 39.3 Å². The molecule has 4 rings (SSSR count). The average Bonchev–Trinajstić information content (AvgIpc) is 3.03. The largest absolute Gasteiger partial charge is 0.396 e. The maximum atomic E-state index is 9.85. The summed E-state index contributed by atoms with van der Waals surface area (Å²) < 4.78 is 0. The summed E-state index contributed by atoms with van der Waals surface area (Å²) in [5, 5.41) is 12.5. The Balaban J connectivity index is 1.40. The van der Waals surface area contributed by atoms with Gasteiger partial charge < -0.3 is 10.0 Å². The molecule has 1 N–H and O–H groups in total. The highest BCUT2D eigenvalue weighted by Gasteiger charge is 2.33. The highest BCUT2D eigenvalue weighted by atomic mass is 16.3. The Morgan fingerprint density at radius 3 is 2.40 bits per heavy atom. The Labute approximate surface area is 151 Å². The van der Waals surface area contributed by atoms with Crippen molar-refractivity contribution in [1.82, 2.24) is 9.80 Å². The van der Waals surface area contributed by atoms with Gasteiger partial charge in [0, 0.05) is 32.8 Å². The number of hydrogen-bond donors (Lipinski definition) is 1. The van der Waals surface area contributed by atoms with Crippen LogP contribution in [0, 0.1) is 11.8 Å². The normalized spacial score (nSPS) is 25.6. The van der Waals surface area contributed by atoms with Gasteiger partial charge in [-0.3, -0.25) is 4.90 Å². The number of fused-ring (bicyclic) bond motifs is 1. The van der Waals surface area contributed by atoms with E-state index in [1.807, 2.05) is 0 Å². The van der Waals surface area contributed by atoms with E-state index in [0.29, 0.717) is 18.4 Å². The van der Waals surface area contributed by atoms with Crippen molar-refractivity contribution in [3.05, 3.63) is 48.0 Å². The van der Waals surface area contributed by atoms with E-state index in [1.165, 1.54) is 55.2 Å². The van der Waals surface area contributed by atoms with E-state index in [0.717, 1.165) is 19.6 Å². The Hall–Kier alpha value is -1.42. The van der Waals surface area contributed by atoms with Crippen LogP contribution < -0.4 is 0 Å². The number of rotatable bonds is 5. The summed E-state index contributed by atoms with van der Waals surface area (Å²) in [6.07, 6.45) is 4.08. The zero-order valence-corrected chi connectivity index (χ0v) is 15.1. The van der Waals surface area contributed by atoms with Crippen LogP contribution in [0.1, 0.15) is 24.8 Å². The lowest BCUT2D eigenvalue weighted by atomic mass is 9.95. The monoisotopic (exact) mass is 338 g/mol. The fourth-order valence-electron chi connectivity index (χ4n) is 4.65. The third kappa shape index (κ3) is 4.05. The molecule has 0 aliphatic carbocycles. The first-order valence-electron chi connectivity index (χ1n) is 9.85. The van der Waals surface area contributed by atoms with Gasteiger partial charge in [0.05, 0.1) is 0 Å². The predicted molar refractivity (Wildman–Crippen MR) is 104 cm³/mol. The van der Waals surface area contributed by atoms with Gasteiger partial charge >= 0.3 is 0 Å². The Morgan fingerprint density at radius 1 is 0.840 bits per heavy atom. The summed E-state index contributed by atoms with van der Waals surface area (Å²) >= 11 is 0. The fraction of sp³-hybridized carbons (Fsp3) is 0.545. The summed E-state index contributed by atoms with van der Waals surface area (Å²) in [7, 11) is 0. The molecule has 3 nitrogen and oxygen atoms in total. The Bertz CT molecular complexity index is 695. The van der Waals surface area contributed by atoms with Crippen molar-refractivity contribution in [2.24, 2.45) is 11.8 Å². The van der Waals surface area contributed by atoms with E-state index in [2.05, 4.69) is 52.3 Å². The lowest BCUT2D eigenvalue weighted by Gasteiger charge is -2.30. The summed E-state index contributed by atoms with van der Waals surface area (Å²) in [5.74, 6) is 1.05. The molecule has 0 unspecified atom stereocenters. The van der Waals surface area contributed by atoms with Crippen LogP contribution in [0.3, 0.4) is 0 Å². The van der Waals surface area contributed by atoms with E-state index >= 15 is 0 Å². The van der Waals surface area contributed by atoms with Gasteiger partial charge in [0.2, 0.25) is 0 Å². The molecule has 2 aromatic rings. The van der Waals surface area contributed by atoms with Crippen molar-refractivity contribution in [3.63, 3.8) is 0 Å². The molecule has 3 heteroatoms. The summed E-state index contributed by atoms with van der Waals surface area (Å²) in [4.78, 5) is 5.16. The van der Waals surface area contributed by atoms with Crippen LogP contribution in [-0.4, -0.2) is 54.2 Å². The van der Waals surface area contributed by atoms with Crippen molar-refractivity contribution in [1.29, 1.82) is 0 Å². The molecule has 0 radical (unpaired) electrons. The van der Waals surface area contributed by atoms with Crippen LogP contribution in [0.25, 0.3) is 10.8 Å². The van der Waals surface area contributed by atoms with E-state index in [9.17, 15) is 5.11 Å². The second-order valence-electron chi connectivity index (χ2n) is 7.94. The molecule has 2 atom stereocenters. The zero-order valence-electron chi connectivity index (χ0n) is 15.1. The van der Waals surface area contributed by atoms with Gasteiger partial charge in [-0.2, -0.15) is 0 Å². The van der Waals surface area contributed by atoms with Crippen molar-refractivity contribution < 1.29 is 5.11 Å². The highest BCUT2D eigenvalue weighted by molar-refractivity contribution is 5.82. The van der Waals surface area contributed by atoms with Crippen LogP contribution in [-0.2, 0) is 6.54 Å². The first kappa shape index (κ1) is 17.0. The fourth-order valence-corrected chi connectivity index (χ4v) is 4.65. The average molecular weight is 338 g/mol. The maximum Gasteiger partial charge on any atom is 0.0475 e. The molecule has 0 aromatic heterocycles. The standard InChI is InChI=1S/C22H30N2O/c25-17-22-16-24(15-21(22)14-23-10-4-1-5-11-23)13-18-8-9-19-6-2-3-7-20(19)12-18/h2-3,6-9,12,21-22,25H,1,4-5,10-11,13-17H2/t21-,22-/m1/s1.